The fraction of sp³-hybridized carbons (Fsp3) is 0.654. The molecule has 0 aliphatic carbocycles. The van der Waals surface area contributed by atoms with Crippen LogP contribution in [0.3, 0.4) is 0 Å². The van der Waals surface area contributed by atoms with Gasteiger partial charge in [0, 0.05) is 45.8 Å². The lowest BCUT2D eigenvalue weighted by Gasteiger charge is -2.28. The van der Waals surface area contributed by atoms with E-state index in [1.54, 1.807) is 14.2 Å². The van der Waals surface area contributed by atoms with Gasteiger partial charge in [-0.25, -0.2) is 4.79 Å². The molecule has 0 aromatic heterocycles. The van der Waals surface area contributed by atoms with Crippen molar-refractivity contribution < 1.29 is 24.1 Å². The molecule has 2 rings (SSSR count). The van der Waals surface area contributed by atoms with Gasteiger partial charge >= 0.3 is 6.03 Å². The number of benzene rings is 1. The number of piperidine rings is 1. The Balaban J connectivity index is 1.94. The Bertz CT molecular complexity index is 789. The molecule has 1 fully saturated rings. The van der Waals surface area contributed by atoms with E-state index in [4.69, 9.17) is 19.9 Å². The molecule has 0 radical (unpaired) electrons. The number of nitrogens with zero attached hydrogens (tertiary/aromatic N) is 1. The zero-order valence-electron chi connectivity index (χ0n) is 21.3. The average Bonchev–Trinajstić information content (AvgIpc) is 2.85. The smallest absolute Gasteiger partial charge is 0.317 e. The second-order valence-electron chi connectivity index (χ2n) is 9.13. The van der Waals surface area contributed by atoms with E-state index < -0.39 is 12.1 Å². The number of allylic oxidation sites excluding steroid dienone is 1. The number of carbonyl (C=O) groups excluding carboxylic acids is 1. The molecule has 8 nitrogen and oxygen atoms in total. The second-order valence-corrected chi connectivity index (χ2v) is 9.13. The number of methoxy groups -OCH3 is 2. The monoisotopic (exact) mass is 477 g/mol. The lowest BCUT2D eigenvalue weighted by molar-refractivity contribution is 0.135. The zero-order valence-corrected chi connectivity index (χ0v) is 21.3. The highest BCUT2D eigenvalue weighted by Crippen LogP contribution is 2.30. The van der Waals surface area contributed by atoms with Gasteiger partial charge in [-0.15, -0.1) is 0 Å². The zero-order chi connectivity index (χ0) is 24.9. The van der Waals surface area contributed by atoms with Gasteiger partial charge < -0.3 is 35.3 Å². The molecule has 2 amide bonds. The maximum atomic E-state index is 12.3. The summed E-state index contributed by atoms with van der Waals surface area (Å²) in [5.41, 5.74) is 9.74. The molecule has 0 saturated carbocycles. The SMILES string of the molecule is COCCCOc1cc(CC(C[C@H](N)C(O)CNC(=O)N2CCCCC2)=C(C)C)ccc1OC. The number of urea groups is 1. The van der Waals surface area contributed by atoms with Gasteiger partial charge in [0.25, 0.3) is 0 Å². The van der Waals surface area contributed by atoms with Gasteiger partial charge in [-0.05, 0) is 63.6 Å². The first-order chi connectivity index (χ1) is 16.3. The van der Waals surface area contributed by atoms with Crippen LogP contribution in [0.25, 0.3) is 0 Å². The fourth-order valence-electron chi connectivity index (χ4n) is 4.00. The average molecular weight is 478 g/mol. The predicted molar refractivity (Wildman–Crippen MR) is 134 cm³/mol. The number of hydrogen-bond donors (Lipinski definition) is 3. The first-order valence-electron chi connectivity index (χ1n) is 12.3. The van der Waals surface area contributed by atoms with Crippen LogP contribution in [0.5, 0.6) is 11.5 Å². The number of nitrogens with two attached hydrogens (primary N) is 1. The Kier molecular flexibility index (Phi) is 12.2. The van der Waals surface area contributed by atoms with Crippen LogP contribution < -0.4 is 20.5 Å². The first kappa shape index (κ1) is 28.0. The molecule has 2 atom stereocenters. The first-order valence-corrected chi connectivity index (χ1v) is 12.3. The molecule has 192 valence electrons. The minimum absolute atomic E-state index is 0.121. The molecule has 1 aliphatic heterocycles. The minimum atomic E-state index is -0.821. The van der Waals surface area contributed by atoms with Gasteiger partial charge in [-0.1, -0.05) is 17.2 Å². The van der Waals surface area contributed by atoms with Crippen molar-refractivity contribution in [2.45, 2.75) is 64.5 Å². The molecule has 1 aromatic carbocycles. The summed E-state index contributed by atoms with van der Waals surface area (Å²) >= 11 is 0. The lowest BCUT2D eigenvalue weighted by Crippen LogP contribution is -2.48. The summed E-state index contributed by atoms with van der Waals surface area (Å²) in [6.45, 7) is 6.99. The Morgan fingerprint density at radius 3 is 2.53 bits per heavy atom. The van der Waals surface area contributed by atoms with Crippen molar-refractivity contribution in [1.29, 1.82) is 0 Å². The number of aliphatic hydroxyl groups excluding tert-OH is 1. The number of likely N-dealkylation sites (tertiary alicyclic amines) is 1. The molecule has 34 heavy (non-hydrogen) atoms. The Labute approximate surface area is 204 Å². The van der Waals surface area contributed by atoms with Crippen LogP contribution in [0.4, 0.5) is 4.79 Å². The van der Waals surface area contributed by atoms with Crippen LogP contribution in [0, 0.1) is 0 Å². The molecular formula is C26H43N3O5. The maximum absolute atomic E-state index is 12.3. The van der Waals surface area contributed by atoms with Crippen molar-refractivity contribution in [3.05, 3.63) is 34.9 Å². The predicted octanol–water partition coefficient (Wildman–Crippen LogP) is 3.26. The molecule has 0 bridgehead atoms. The third kappa shape index (κ3) is 9.16. The minimum Gasteiger partial charge on any atom is -0.493 e. The molecule has 1 aliphatic rings. The van der Waals surface area contributed by atoms with Crippen molar-refractivity contribution >= 4 is 6.03 Å². The summed E-state index contributed by atoms with van der Waals surface area (Å²) in [6.07, 6.45) is 4.44. The highest BCUT2D eigenvalue weighted by Gasteiger charge is 2.21. The van der Waals surface area contributed by atoms with Crippen molar-refractivity contribution in [3.8, 4) is 11.5 Å². The van der Waals surface area contributed by atoms with Gasteiger partial charge in [0.1, 0.15) is 0 Å². The summed E-state index contributed by atoms with van der Waals surface area (Å²) in [4.78, 5) is 14.1. The van der Waals surface area contributed by atoms with E-state index in [2.05, 4.69) is 19.2 Å². The number of aliphatic hydroxyl groups is 1. The highest BCUT2D eigenvalue weighted by atomic mass is 16.5. The molecule has 1 unspecified atom stereocenters. The van der Waals surface area contributed by atoms with E-state index in [-0.39, 0.29) is 12.6 Å². The molecule has 1 heterocycles. The number of ether oxygens (including phenoxy) is 3. The standard InChI is InChI=1S/C26H43N3O5/c1-19(2)21(15-20-9-10-24(33-4)25(16-20)34-14-8-13-32-3)17-22(27)23(30)18-28-26(31)29-11-6-5-7-12-29/h9-10,16,22-23,30H,5-8,11-15,17-18,27H2,1-4H3,(H,28,31)/t22-,23?/m0/s1. The van der Waals surface area contributed by atoms with Crippen molar-refractivity contribution in [3.63, 3.8) is 0 Å². The summed E-state index contributed by atoms with van der Waals surface area (Å²) in [7, 11) is 3.30. The molecule has 4 N–H and O–H groups in total. The number of amides is 2. The van der Waals surface area contributed by atoms with Crippen LogP contribution >= 0.6 is 0 Å². The summed E-state index contributed by atoms with van der Waals surface area (Å²) in [6, 6.07) is 5.33. The Hall–Kier alpha value is -2.29. The van der Waals surface area contributed by atoms with E-state index in [0.717, 1.165) is 43.5 Å². The van der Waals surface area contributed by atoms with Crippen LogP contribution in [0.15, 0.2) is 29.3 Å². The van der Waals surface area contributed by atoms with Gasteiger partial charge in [0.05, 0.1) is 19.8 Å². The third-order valence-electron chi connectivity index (χ3n) is 6.19. The second kappa shape index (κ2) is 14.9. The van der Waals surface area contributed by atoms with E-state index in [0.29, 0.717) is 37.6 Å². The molecule has 1 aromatic rings. The normalized spacial score (nSPS) is 15.4. The van der Waals surface area contributed by atoms with Gasteiger partial charge in [0.15, 0.2) is 11.5 Å². The quantitative estimate of drug-likeness (QED) is 0.297. The number of hydrogen-bond acceptors (Lipinski definition) is 6. The Morgan fingerprint density at radius 2 is 1.88 bits per heavy atom. The van der Waals surface area contributed by atoms with E-state index in [1.807, 2.05) is 23.1 Å². The maximum Gasteiger partial charge on any atom is 0.317 e. The number of rotatable bonds is 13. The topological polar surface area (TPSA) is 106 Å². The summed E-state index contributed by atoms with van der Waals surface area (Å²) in [5.74, 6) is 1.39. The van der Waals surface area contributed by atoms with Gasteiger partial charge in [-0.3, -0.25) is 0 Å². The van der Waals surface area contributed by atoms with Crippen LogP contribution in [-0.4, -0.2) is 75.3 Å². The van der Waals surface area contributed by atoms with E-state index in [1.165, 1.54) is 12.0 Å². The molecule has 0 spiro atoms. The highest BCUT2D eigenvalue weighted by molar-refractivity contribution is 5.74. The Morgan fingerprint density at radius 1 is 1.15 bits per heavy atom. The summed E-state index contributed by atoms with van der Waals surface area (Å²) < 4.78 is 16.4. The summed E-state index contributed by atoms with van der Waals surface area (Å²) in [5, 5.41) is 13.4. The van der Waals surface area contributed by atoms with Gasteiger partial charge in [-0.2, -0.15) is 0 Å². The van der Waals surface area contributed by atoms with E-state index in [9.17, 15) is 9.90 Å². The molecular weight excluding hydrogens is 434 g/mol. The van der Waals surface area contributed by atoms with Crippen LogP contribution in [-0.2, 0) is 11.2 Å². The van der Waals surface area contributed by atoms with Crippen molar-refractivity contribution in [1.82, 2.24) is 10.2 Å². The van der Waals surface area contributed by atoms with Crippen LogP contribution in [0.1, 0.15) is 51.5 Å². The fourth-order valence-corrected chi connectivity index (χ4v) is 4.00. The lowest BCUT2D eigenvalue weighted by atomic mass is 9.93. The molecule has 1 saturated heterocycles. The third-order valence-corrected chi connectivity index (χ3v) is 6.19. The van der Waals surface area contributed by atoms with E-state index >= 15 is 0 Å². The number of carbonyl (C=O) groups is 1. The van der Waals surface area contributed by atoms with Crippen LogP contribution in [0.2, 0.25) is 0 Å². The van der Waals surface area contributed by atoms with Gasteiger partial charge in [0.2, 0.25) is 0 Å². The number of nitrogens with one attached hydrogen (secondary N) is 1. The molecule has 8 heteroatoms. The largest absolute Gasteiger partial charge is 0.493 e. The van der Waals surface area contributed by atoms with Crippen molar-refractivity contribution in [2.75, 3.05) is 47.1 Å². The van der Waals surface area contributed by atoms with Crippen molar-refractivity contribution in [2.24, 2.45) is 5.73 Å².